The number of amides is 1. The Morgan fingerprint density at radius 1 is 1.21 bits per heavy atom. The highest BCUT2D eigenvalue weighted by Crippen LogP contribution is 2.22. The first-order valence-corrected chi connectivity index (χ1v) is 9.90. The molecule has 0 bridgehead atoms. The Morgan fingerprint density at radius 3 is 2.72 bits per heavy atom. The lowest BCUT2D eigenvalue weighted by molar-refractivity contribution is 0.0618. The van der Waals surface area contributed by atoms with Crippen molar-refractivity contribution in [2.75, 3.05) is 19.7 Å². The van der Waals surface area contributed by atoms with Crippen LogP contribution in [0, 0.1) is 12.8 Å². The largest absolute Gasteiger partial charge is 0.463 e. The Bertz CT molecular complexity index is 969. The maximum absolute atomic E-state index is 13.1. The maximum atomic E-state index is 13.1. The summed E-state index contributed by atoms with van der Waals surface area (Å²) in [6.07, 6.45) is 5.46. The Morgan fingerprint density at radius 2 is 1.97 bits per heavy atom. The van der Waals surface area contributed by atoms with Gasteiger partial charge < -0.3 is 9.64 Å². The van der Waals surface area contributed by atoms with E-state index in [1.165, 1.54) is 0 Å². The van der Waals surface area contributed by atoms with Crippen molar-refractivity contribution in [3.05, 3.63) is 60.0 Å². The second kappa shape index (κ2) is 8.43. The van der Waals surface area contributed by atoms with Gasteiger partial charge in [0.05, 0.1) is 12.3 Å². The summed E-state index contributed by atoms with van der Waals surface area (Å²) in [5, 5.41) is 4.53. The van der Waals surface area contributed by atoms with Gasteiger partial charge in [0.15, 0.2) is 0 Å². The molecular weight excluding hydrogens is 366 g/mol. The Kier molecular flexibility index (Phi) is 5.55. The van der Waals surface area contributed by atoms with E-state index >= 15 is 0 Å². The lowest BCUT2D eigenvalue weighted by atomic mass is 9.98. The molecule has 7 heteroatoms. The summed E-state index contributed by atoms with van der Waals surface area (Å²) in [6, 6.07) is 12.2. The first kappa shape index (κ1) is 19.1. The first-order valence-electron chi connectivity index (χ1n) is 9.90. The average molecular weight is 391 g/mol. The Labute approximate surface area is 170 Å². The molecule has 0 saturated carbocycles. The van der Waals surface area contributed by atoms with Crippen LogP contribution in [0.15, 0.2) is 48.8 Å². The SMILES string of the molecule is Cc1cnc(OCC2CCCN(C(=O)c3cc(-c4ccccc4)nn3C)C2)nc1. The summed E-state index contributed by atoms with van der Waals surface area (Å²) >= 11 is 0. The van der Waals surface area contributed by atoms with Crippen LogP contribution in [0.25, 0.3) is 11.3 Å². The summed E-state index contributed by atoms with van der Waals surface area (Å²) < 4.78 is 7.41. The van der Waals surface area contributed by atoms with Gasteiger partial charge in [-0.1, -0.05) is 30.3 Å². The molecule has 1 unspecified atom stereocenters. The number of aryl methyl sites for hydroxylation is 2. The minimum atomic E-state index is 0.0125. The van der Waals surface area contributed by atoms with Gasteiger partial charge in [0, 0.05) is 44.0 Å². The number of benzene rings is 1. The van der Waals surface area contributed by atoms with Gasteiger partial charge in [0.1, 0.15) is 5.69 Å². The molecule has 2 aromatic heterocycles. The van der Waals surface area contributed by atoms with E-state index in [2.05, 4.69) is 15.1 Å². The van der Waals surface area contributed by atoms with Crippen molar-refractivity contribution < 1.29 is 9.53 Å². The van der Waals surface area contributed by atoms with Gasteiger partial charge in [-0.25, -0.2) is 9.97 Å². The van der Waals surface area contributed by atoms with E-state index < -0.39 is 0 Å². The fourth-order valence-corrected chi connectivity index (χ4v) is 3.61. The molecule has 1 aromatic carbocycles. The third kappa shape index (κ3) is 4.45. The molecule has 4 rings (SSSR count). The molecule has 1 atom stereocenters. The maximum Gasteiger partial charge on any atom is 0.316 e. The van der Waals surface area contributed by atoms with Crippen molar-refractivity contribution >= 4 is 5.91 Å². The molecule has 7 nitrogen and oxygen atoms in total. The molecule has 0 spiro atoms. The number of rotatable bonds is 5. The van der Waals surface area contributed by atoms with Crippen LogP contribution in [0.4, 0.5) is 0 Å². The van der Waals surface area contributed by atoms with Crippen LogP contribution in [0.1, 0.15) is 28.9 Å². The quantitative estimate of drug-likeness (QED) is 0.668. The van der Waals surface area contributed by atoms with Crippen molar-refractivity contribution in [1.29, 1.82) is 0 Å². The molecule has 0 N–H and O–H groups in total. The van der Waals surface area contributed by atoms with Crippen molar-refractivity contribution in [3.8, 4) is 17.3 Å². The van der Waals surface area contributed by atoms with Crippen molar-refractivity contribution in [2.45, 2.75) is 19.8 Å². The van der Waals surface area contributed by atoms with Crippen molar-refractivity contribution in [2.24, 2.45) is 13.0 Å². The highest BCUT2D eigenvalue weighted by atomic mass is 16.5. The smallest absolute Gasteiger partial charge is 0.316 e. The number of hydrogen-bond acceptors (Lipinski definition) is 5. The van der Waals surface area contributed by atoms with E-state index in [1.54, 1.807) is 17.1 Å². The Hall–Kier alpha value is -3.22. The first-order chi connectivity index (χ1) is 14.1. The lowest BCUT2D eigenvalue weighted by Crippen LogP contribution is -2.42. The monoisotopic (exact) mass is 391 g/mol. The predicted octanol–water partition coefficient (Wildman–Crippen LogP) is 3.12. The second-order valence-electron chi connectivity index (χ2n) is 7.52. The van der Waals surface area contributed by atoms with E-state index in [9.17, 15) is 4.79 Å². The average Bonchev–Trinajstić information content (AvgIpc) is 3.15. The van der Waals surface area contributed by atoms with Gasteiger partial charge >= 0.3 is 6.01 Å². The number of ether oxygens (including phenoxy) is 1. The highest BCUT2D eigenvalue weighted by molar-refractivity contribution is 5.93. The third-order valence-corrected chi connectivity index (χ3v) is 5.18. The van der Waals surface area contributed by atoms with Gasteiger partial charge in [-0.2, -0.15) is 5.10 Å². The summed E-state index contributed by atoms with van der Waals surface area (Å²) in [7, 11) is 1.82. The van der Waals surface area contributed by atoms with Crippen LogP contribution in [-0.4, -0.2) is 50.3 Å². The van der Waals surface area contributed by atoms with Gasteiger partial charge in [-0.3, -0.25) is 9.48 Å². The van der Waals surface area contributed by atoms with Gasteiger partial charge in [-0.05, 0) is 31.4 Å². The summed E-state index contributed by atoms with van der Waals surface area (Å²) in [4.78, 5) is 23.4. The van der Waals surface area contributed by atoms with Crippen LogP contribution in [0.5, 0.6) is 6.01 Å². The van der Waals surface area contributed by atoms with E-state index in [0.29, 0.717) is 24.9 Å². The number of carbonyl (C=O) groups excluding carboxylic acids is 1. The molecule has 1 aliphatic heterocycles. The molecule has 1 amide bonds. The van der Waals surface area contributed by atoms with Crippen LogP contribution < -0.4 is 4.74 Å². The molecule has 0 aliphatic carbocycles. The molecule has 150 valence electrons. The number of aromatic nitrogens is 4. The van der Waals surface area contributed by atoms with Crippen LogP contribution in [0.3, 0.4) is 0 Å². The number of hydrogen-bond donors (Lipinski definition) is 0. The minimum Gasteiger partial charge on any atom is -0.463 e. The van der Waals surface area contributed by atoms with Crippen LogP contribution in [0.2, 0.25) is 0 Å². The molecule has 3 heterocycles. The molecule has 1 aliphatic rings. The number of likely N-dealkylation sites (tertiary alicyclic amines) is 1. The summed E-state index contributed by atoms with van der Waals surface area (Å²) in [5.41, 5.74) is 3.42. The van der Waals surface area contributed by atoms with Gasteiger partial charge in [0.25, 0.3) is 5.91 Å². The molecule has 3 aromatic rings. The van der Waals surface area contributed by atoms with E-state index in [-0.39, 0.29) is 11.8 Å². The number of piperidine rings is 1. The summed E-state index contributed by atoms with van der Waals surface area (Å²) in [5.74, 6) is 0.276. The van der Waals surface area contributed by atoms with Gasteiger partial charge in [0.2, 0.25) is 0 Å². The topological polar surface area (TPSA) is 73.1 Å². The van der Waals surface area contributed by atoms with Crippen LogP contribution in [-0.2, 0) is 7.05 Å². The standard InChI is InChI=1S/C22H25N5O2/c1-16-12-23-22(24-13-16)29-15-17-7-6-10-27(14-17)21(28)20-11-19(25-26(20)2)18-8-4-3-5-9-18/h3-5,8-9,11-13,17H,6-7,10,14-15H2,1-2H3. The number of nitrogens with zero attached hydrogens (tertiary/aromatic N) is 5. The van der Waals surface area contributed by atoms with Crippen molar-refractivity contribution in [3.63, 3.8) is 0 Å². The zero-order valence-electron chi connectivity index (χ0n) is 16.8. The molecule has 1 saturated heterocycles. The zero-order chi connectivity index (χ0) is 20.2. The molecule has 29 heavy (non-hydrogen) atoms. The predicted molar refractivity (Wildman–Crippen MR) is 110 cm³/mol. The van der Waals surface area contributed by atoms with E-state index in [1.807, 2.05) is 55.3 Å². The third-order valence-electron chi connectivity index (χ3n) is 5.18. The van der Waals surface area contributed by atoms with Crippen LogP contribution >= 0.6 is 0 Å². The van der Waals surface area contributed by atoms with Gasteiger partial charge in [-0.15, -0.1) is 0 Å². The fraction of sp³-hybridized carbons (Fsp3) is 0.364. The molecular formula is C22H25N5O2. The minimum absolute atomic E-state index is 0.0125. The molecule has 1 fully saturated rings. The highest BCUT2D eigenvalue weighted by Gasteiger charge is 2.27. The summed E-state index contributed by atoms with van der Waals surface area (Å²) in [6.45, 7) is 3.86. The van der Waals surface area contributed by atoms with Crippen molar-refractivity contribution in [1.82, 2.24) is 24.6 Å². The second-order valence-corrected chi connectivity index (χ2v) is 7.52. The van der Waals surface area contributed by atoms with E-state index in [0.717, 1.165) is 36.2 Å². The van der Waals surface area contributed by atoms with E-state index in [4.69, 9.17) is 4.74 Å². The molecule has 0 radical (unpaired) electrons. The number of carbonyl (C=O) groups is 1. The normalized spacial score (nSPS) is 16.6. The zero-order valence-corrected chi connectivity index (χ0v) is 16.8. The lowest BCUT2D eigenvalue weighted by Gasteiger charge is -2.32. The fourth-order valence-electron chi connectivity index (χ4n) is 3.61. The Balaban J connectivity index is 1.41.